The van der Waals surface area contributed by atoms with Crippen molar-refractivity contribution in [1.82, 2.24) is 20.4 Å². The van der Waals surface area contributed by atoms with Gasteiger partial charge in [-0.1, -0.05) is 110 Å². The molecule has 1 saturated heterocycles. The Morgan fingerprint density at radius 1 is 0.775 bits per heavy atom. The van der Waals surface area contributed by atoms with Gasteiger partial charge in [-0.15, -0.1) is 0 Å². The normalized spacial score (nSPS) is 17.3. The van der Waals surface area contributed by atoms with Crippen LogP contribution in [-0.2, 0) is 4.74 Å². The Hall–Kier alpha value is -1.50. The van der Waals surface area contributed by atoms with Crippen LogP contribution in [0.2, 0.25) is 0 Å². The maximum atomic E-state index is 12.9. The van der Waals surface area contributed by atoms with E-state index in [-0.39, 0.29) is 18.2 Å². The summed E-state index contributed by atoms with van der Waals surface area (Å²) in [5.41, 5.74) is 0. The standard InChI is InChI=1S/C33H66N4O3/c1-5-6-7-8-9-10-11-12-13-14-15-16-17-18-19-20-25-34-32(38)37-28-21-23-30(2)31(37)24-29-40-33(39)35-26-22-27-36(3)4/h30-31H,5-29H2,1-4H3,(H,34,38)(H,35,39). The van der Waals surface area contributed by atoms with E-state index in [2.05, 4.69) is 29.4 Å². The van der Waals surface area contributed by atoms with Crippen LogP contribution >= 0.6 is 0 Å². The van der Waals surface area contributed by atoms with Gasteiger partial charge < -0.3 is 25.2 Å². The number of hydrogen-bond donors (Lipinski definition) is 2. The molecular weight excluding hydrogens is 500 g/mol. The molecule has 236 valence electrons. The van der Waals surface area contributed by atoms with Crippen molar-refractivity contribution in [3.63, 3.8) is 0 Å². The Balaban J connectivity index is 2.04. The van der Waals surface area contributed by atoms with E-state index in [4.69, 9.17) is 4.74 Å². The summed E-state index contributed by atoms with van der Waals surface area (Å²) < 4.78 is 5.40. The average Bonchev–Trinajstić information content (AvgIpc) is 2.93. The lowest BCUT2D eigenvalue weighted by Crippen LogP contribution is -2.52. The van der Waals surface area contributed by atoms with Crippen molar-refractivity contribution >= 4 is 12.1 Å². The fraction of sp³-hybridized carbons (Fsp3) is 0.939. The highest BCUT2D eigenvalue weighted by molar-refractivity contribution is 5.74. The van der Waals surface area contributed by atoms with Gasteiger partial charge in [-0.2, -0.15) is 0 Å². The first kappa shape index (κ1) is 36.5. The first-order valence-electron chi connectivity index (χ1n) is 17.1. The Kier molecular flexibility index (Phi) is 23.0. The molecule has 2 N–H and O–H groups in total. The van der Waals surface area contributed by atoms with Crippen LogP contribution in [0.4, 0.5) is 9.59 Å². The highest BCUT2D eigenvalue weighted by Gasteiger charge is 2.31. The number of alkyl carbamates (subject to hydrolysis) is 1. The van der Waals surface area contributed by atoms with E-state index in [0.717, 1.165) is 45.3 Å². The summed E-state index contributed by atoms with van der Waals surface area (Å²) in [6.45, 7) is 7.93. The molecule has 1 aliphatic heterocycles. The number of carbonyl (C=O) groups excluding carboxylic acids is 2. The molecule has 1 fully saturated rings. The van der Waals surface area contributed by atoms with Gasteiger partial charge in [0.05, 0.1) is 6.61 Å². The van der Waals surface area contributed by atoms with Crippen molar-refractivity contribution in [2.45, 2.75) is 148 Å². The van der Waals surface area contributed by atoms with Crippen LogP contribution in [0.3, 0.4) is 0 Å². The van der Waals surface area contributed by atoms with Crippen molar-refractivity contribution in [2.75, 3.05) is 46.9 Å². The molecule has 7 heteroatoms. The van der Waals surface area contributed by atoms with Gasteiger partial charge in [0, 0.05) is 32.1 Å². The highest BCUT2D eigenvalue weighted by atomic mass is 16.5. The molecule has 2 unspecified atom stereocenters. The van der Waals surface area contributed by atoms with Gasteiger partial charge in [0.25, 0.3) is 0 Å². The SMILES string of the molecule is CCCCCCCCCCCCCCCCCCNC(=O)N1CCCC(C)C1CCOC(=O)NCCCN(C)C. The van der Waals surface area contributed by atoms with Crippen molar-refractivity contribution < 1.29 is 14.3 Å². The Morgan fingerprint density at radius 3 is 1.85 bits per heavy atom. The van der Waals surface area contributed by atoms with Crippen LogP contribution in [0.5, 0.6) is 0 Å². The molecule has 2 atom stereocenters. The number of nitrogens with zero attached hydrogens (tertiary/aromatic N) is 2. The van der Waals surface area contributed by atoms with Crippen LogP contribution < -0.4 is 10.6 Å². The summed E-state index contributed by atoms with van der Waals surface area (Å²) in [6.07, 6.45) is 25.1. The third-order valence-electron chi connectivity index (χ3n) is 8.38. The predicted molar refractivity (Wildman–Crippen MR) is 169 cm³/mol. The fourth-order valence-corrected chi connectivity index (χ4v) is 5.82. The number of nitrogens with one attached hydrogen (secondary N) is 2. The molecule has 0 bridgehead atoms. The van der Waals surface area contributed by atoms with Gasteiger partial charge in [-0.25, -0.2) is 9.59 Å². The number of likely N-dealkylation sites (tertiary alicyclic amines) is 1. The van der Waals surface area contributed by atoms with E-state index < -0.39 is 0 Å². The lowest BCUT2D eigenvalue weighted by molar-refractivity contribution is 0.0882. The van der Waals surface area contributed by atoms with Crippen molar-refractivity contribution in [1.29, 1.82) is 0 Å². The number of urea groups is 1. The zero-order valence-corrected chi connectivity index (χ0v) is 27.0. The first-order valence-corrected chi connectivity index (χ1v) is 17.1. The summed E-state index contributed by atoms with van der Waals surface area (Å²) in [5.74, 6) is 0.418. The van der Waals surface area contributed by atoms with Crippen LogP contribution in [0.1, 0.15) is 142 Å². The predicted octanol–water partition coefficient (Wildman–Crippen LogP) is 8.13. The second-order valence-corrected chi connectivity index (χ2v) is 12.4. The number of piperidine rings is 1. The third kappa shape index (κ3) is 19.6. The topological polar surface area (TPSA) is 73.9 Å². The number of amides is 3. The van der Waals surface area contributed by atoms with Crippen molar-refractivity contribution in [3.05, 3.63) is 0 Å². The minimum atomic E-state index is -0.360. The quantitative estimate of drug-likeness (QED) is 0.116. The van der Waals surface area contributed by atoms with Gasteiger partial charge >= 0.3 is 12.1 Å². The molecule has 0 aromatic rings. The lowest BCUT2D eigenvalue weighted by atomic mass is 9.89. The molecule has 0 aromatic heterocycles. The monoisotopic (exact) mass is 567 g/mol. The molecular formula is C33H66N4O3. The van der Waals surface area contributed by atoms with Gasteiger partial charge in [0.1, 0.15) is 0 Å². The smallest absolute Gasteiger partial charge is 0.407 e. The van der Waals surface area contributed by atoms with Gasteiger partial charge in [-0.05, 0) is 52.2 Å². The second kappa shape index (κ2) is 25.2. The van der Waals surface area contributed by atoms with Crippen LogP contribution in [0.15, 0.2) is 0 Å². The lowest BCUT2D eigenvalue weighted by Gasteiger charge is -2.40. The zero-order valence-electron chi connectivity index (χ0n) is 27.0. The fourth-order valence-electron chi connectivity index (χ4n) is 5.82. The maximum Gasteiger partial charge on any atom is 0.407 e. The first-order chi connectivity index (χ1) is 19.5. The largest absolute Gasteiger partial charge is 0.449 e. The van der Waals surface area contributed by atoms with Gasteiger partial charge in [-0.3, -0.25) is 0 Å². The molecule has 40 heavy (non-hydrogen) atoms. The molecule has 1 heterocycles. The summed E-state index contributed by atoms with van der Waals surface area (Å²) >= 11 is 0. The number of rotatable bonds is 24. The minimum Gasteiger partial charge on any atom is -0.449 e. The Morgan fingerprint density at radius 2 is 1.30 bits per heavy atom. The molecule has 3 amide bonds. The van der Waals surface area contributed by atoms with E-state index >= 15 is 0 Å². The van der Waals surface area contributed by atoms with Crippen LogP contribution in [-0.4, -0.2) is 74.8 Å². The molecule has 0 saturated carbocycles. The maximum absolute atomic E-state index is 12.9. The Labute approximate surface area is 247 Å². The molecule has 7 nitrogen and oxygen atoms in total. The minimum absolute atomic E-state index is 0.0469. The number of ether oxygens (including phenoxy) is 1. The molecule has 0 aromatic carbocycles. The van der Waals surface area contributed by atoms with E-state index in [9.17, 15) is 9.59 Å². The average molecular weight is 567 g/mol. The zero-order chi connectivity index (χ0) is 29.3. The van der Waals surface area contributed by atoms with Crippen molar-refractivity contribution in [3.8, 4) is 0 Å². The summed E-state index contributed by atoms with van der Waals surface area (Å²) in [4.78, 5) is 29.0. The summed E-state index contributed by atoms with van der Waals surface area (Å²) in [6, 6.07) is 0.173. The van der Waals surface area contributed by atoms with E-state index in [1.54, 1.807) is 0 Å². The number of carbonyl (C=O) groups is 2. The van der Waals surface area contributed by atoms with E-state index in [0.29, 0.717) is 25.5 Å². The third-order valence-corrected chi connectivity index (χ3v) is 8.38. The summed E-state index contributed by atoms with van der Waals surface area (Å²) in [5, 5.41) is 5.97. The van der Waals surface area contributed by atoms with Crippen LogP contribution in [0.25, 0.3) is 0 Å². The van der Waals surface area contributed by atoms with E-state index in [1.807, 2.05) is 19.0 Å². The molecule has 0 aliphatic carbocycles. The van der Waals surface area contributed by atoms with Crippen LogP contribution in [0, 0.1) is 5.92 Å². The highest BCUT2D eigenvalue weighted by Crippen LogP contribution is 2.26. The number of hydrogen-bond acceptors (Lipinski definition) is 4. The van der Waals surface area contributed by atoms with Crippen molar-refractivity contribution in [2.24, 2.45) is 5.92 Å². The molecule has 0 spiro atoms. The molecule has 1 rings (SSSR count). The second-order valence-electron chi connectivity index (χ2n) is 12.4. The van der Waals surface area contributed by atoms with Gasteiger partial charge in [0.2, 0.25) is 0 Å². The molecule has 0 radical (unpaired) electrons. The summed E-state index contributed by atoms with van der Waals surface area (Å²) in [7, 11) is 4.04. The molecule has 1 aliphatic rings. The Bertz CT molecular complexity index is 617. The van der Waals surface area contributed by atoms with E-state index in [1.165, 1.54) is 96.3 Å². The number of unbranched alkanes of at least 4 members (excludes halogenated alkanes) is 15. The van der Waals surface area contributed by atoms with Gasteiger partial charge in [0.15, 0.2) is 0 Å².